The van der Waals surface area contributed by atoms with E-state index in [9.17, 15) is 0 Å². The minimum Gasteiger partial charge on any atom is -0.308 e. The molecule has 2 nitrogen and oxygen atoms in total. The molecule has 0 bridgehead atoms. The van der Waals surface area contributed by atoms with Crippen LogP contribution in [-0.4, -0.2) is 17.2 Å². The Balaban J connectivity index is 1.50. The average Bonchev–Trinajstić information content (AvgIpc) is 3.38. The first-order valence-corrected chi connectivity index (χ1v) is 12.4. The van der Waals surface area contributed by atoms with Gasteiger partial charge in [-0.3, -0.25) is 4.98 Å². The van der Waals surface area contributed by atoms with Crippen molar-refractivity contribution in [3.8, 4) is 11.3 Å². The molecule has 6 aromatic rings. The van der Waals surface area contributed by atoms with Crippen LogP contribution in [0.4, 0.5) is 0 Å². The molecular formula is C31H27BN2. The van der Waals surface area contributed by atoms with E-state index >= 15 is 0 Å². The molecule has 7 rings (SSSR count). The molecular weight excluding hydrogens is 411 g/mol. The van der Waals surface area contributed by atoms with Gasteiger partial charge in [0.15, 0.2) is 0 Å². The summed E-state index contributed by atoms with van der Waals surface area (Å²) in [5, 5.41) is 4.85. The molecule has 0 aliphatic heterocycles. The Morgan fingerprint density at radius 2 is 1.53 bits per heavy atom. The van der Waals surface area contributed by atoms with Crippen LogP contribution in [0.3, 0.4) is 0 Å². The lowest BCUT2D eigenvalue weighted by Crippen LogP contribution is -2.35. The molecule has 3 heterocycles. The van der Waals surface area contributed by atoms with Crippen LogP contribution in [0.5, 0.6) is 0 Å². The van der Waals surface area contributed by atoms with Gasteiger partial charge >= 0.3 is 0 Å². The highest BCUT2D eigenvalue weighted by molar-refractivity contribution is 6.25. The molecule has 1 aliphatic rings. The zero-order valence-electron chi connectivity index (χ0n) is 19.8. The van der Waals surface area contributed by atoms with E-state index in [4.69, 9.17) is 12.8 Å². The predicted octanol–water partition coefficient (Wildman–Crippen LogP) is 7.86. The predicted molar refractivity (Wildman–Crippen MR) is 144 cm³/mol. The van der Waals surface area contributed by atoms with E-state index in [0.717, 1.165) is 24.1 Å². The molecule has 3 aromatic heterocycles. The molecule has 0 spiro atoms. The Hall–Kier alpha value is -3.33. The van der Waals surface area contributed by atoms with Crippen molar-refractivity contribution in [1.29, 1.82) is 0 Å². The quantitative estimate of drug-likeness (QED) is 0.252. The number of hydrogen-bond donors (Lipinski definition) is 0. The van der Waals surface area contributed by atoms with Crippen molar-refractivity contribution in [3.05, 3.63) is 84.6 Å². The number of nitrogens with zero attached hydrogens (tertiary/aromatic N) is 2. The summed E-state index contributed by atoms with van der Waals surface area (Å²) in [5.74, 6) is 0. The van der Waals surface area contributed by atoms with Crippen molar-refractivity contribution in [2.75, 3.05) is 0 Å². The lowest BCUT2D eigenvalue weighted by Gasteiger charge is -2.42. The summed E-state index contributed by atoms with van der Waals surface area (Å²) < 4.78 is 2.43. The molecule has 3 aromatic carbocycles. The van der Waals surface area contributed by atoms with Gasteiger partial charge in [-0.15, -0.1) is 0 Å². The minimum atomic E-state index is -0.234. The van der Waals surface area contributed by atoms with Crippen molar-refractivity contribution in [3.63, 3.8) is 0 Å². The molecule has 1 fully saturated rings. The number of hydrogen-bond acceptors (Lipinski definition) is 1. The fraction of sp³-hybridized carbons (Fsp3) is 0.258. The maximum absolute atomic E-state index is 7.03. The largest absolute Gasteiger partial charge is 0.308 e. The second-order valence-corrected chi connectivity index (χ2v) is 11.0. The molecule has 1 aliphatic carbocycles. The molecule has 0 saturated heterocycles. The molecule has 3 heteroatoms. The number of rotatable bonds is 2. The van der Waals surface area contributed by atoms with Crippen LogP contribution in [0.2, 0.25) is 0 Å². The average molecular weight is 438 g/mol. The molecule has 0 amide bonds. The van der Waals surface area contributed by atoms with Gasteiger partial charge in [-0.2, -0.15) is 0 Å². The Kier molecular flexibility index (Phi) is 4.05. The Morgan fingerprint density at radius 1 is 0.765 bits per heavy atom. The molecule has 164 valence electrons. The van der Waals surface area contributed by atoms with Gasteiger partial charge in [-0.1, -0.05) is 81.3 Å². The summed E-state index contributed by atoms with van der Waals surface area (Å²) in [6, 6.07) is 26.3. The van der Waals surface area contributed by atoms with E-state index in [-0.39, 0.29) is 5.31 Å². The fourth-order valence-electron chi connectivity index (χ4n) is 6.21. The molecule has 34 heavy (non-hydrogen) atoms. The summed E-state index contributed by atoms with van der Waals surface area (Å²) in [5.41, 5.74) is 7.61. The zero-order valence-corrected chi connectivity index (χ0v) is 19.8. The van der Waals surface area contributed by atoms with E-state index in [1.54, 1.807) is 0 Å². The Bertz CT molecular complexity index is 1680. The third kappa shape index (κ3) is 2.73. The Morgan fingerprint density at radius 3 is 2.32 bits per heavy atom. The third-order valence-corrected chi connectivity index (χ3v) is 8.34. The van der Waals surface area contributed by atoms with Crippen LogP contribution in [-0.2, 0) is 5.31 Å². The second kappa shape index (κ2) is 6.85. The van der Waals surface area contributed by atoms with E-state index in [1.807, 2.05) is 6.20 Å². The van der Waals surface area contributed by atoms with Gasteiger partial charge in [-0.25, -0.2) is 0 Å². The number of aromatic nitrogens is 2. The van der Waals surface area contributed by atoms with Crippen molar-refractivity contribution in [2.45, 2.75) is 44.8 Å². The van der Waals surface area contributed by atoms with E-state index in [2.05, 4.69) is 91.0 Å². The van der Waals surface area contributed by atoms with Gasteiger partial charge < -0.3 is 4.40 Å². The normalized spacial score (nSPS) is 17.8. The monoisotopic (exact) mass is 438 g/mol. The smallest absolute Gasteiger partial charge is 0.0810 e. The number of para-hydroxylation sites is 1. The van der Waals surface area contributed by atoms with Gasteiger partial charge in [0.25, 0.3) is 0 Å². The fourth-order valence-corrected chi connectivity index (χ4v) is 6.21. The molecule has 2 radical (unpaired) electrons. The SMILES string of the molecule is [B]C1(c2ccc3c(c2)c2cccc4c5c(-c6ccccc6)nccc5n3c24)CCC(C)(C)CC1. The Labute approximate surface area is 201 Å². The lowest BCUT2D eigenvalue weighted by molar-refractivity contribution is 0.206. The van der Waals surface area contributed by atoms with E-state index in [1.165, 1.54) is 56.5 Å². The van der Waals surface area contributed by atoms with E-state index in [0.29, 0.717) is 5.41 Å². The van der Waals surface area contributed by atoms with Crippen LogP contribution in [0, 0.1) is 5.41 Å². The van der Waals surface area contributed by atoms with Crippen molar-refractivity contribution < 1.29 is 0 Å². The molecule has 0 N–H and O–H groups in total. The molecule has 0 atom stereocenters. The maximum atomic E-state index is 7.03. The standard InChI is InChI=1S/C31H27BN2/c1-30(2)14-16-31(32,17-15-30)21-11-12-25-24(19-21)22-9-6-10-23-27-26(34(25)29(22)23)13-18-33-28(27)20-7-4-3-5-8-20/h3-13,18-19H,14-17H2,1-2H3. The topological polar surface area (TPSA) is 17.3 Å². The highest BCUT2D eigenvalue weighted by atomic mass is 14.9. The first-order chi connectivity index (χ1) is 16.5. The van der Waals surface area contributed by atoms with Gasteiger partial charge in [0, 0.05) is 33.3 Å². The summed E-state index contributed by atoms with van der Waals surface area (Å²) in [7, 11) is 7.03. The van der Waals surface area contributed by atoms with Crippen molar-refractivity contribution >= 4 is 45.9 Å². The summed E-state index contributed by atoms with van der Waals surface area (Å²) in [6.07, 6.45) is 6.39. The number of fused-ring (bicyclic) bond motifs is 6. The first kappa shape index (κ1) is 20.1. The summed E-state index contributed by atoms with van der Waals surface area (Å²) >= 11 is 0. The highest BCUT2D eigenvalue weighted by Crippen LogP contribution is 2.47. The van der Waals surface area contributed by atoms with Crippen LogP contribution >= 0.6 is 0 Å². The van der Waals surface area contributed by atoms with E-state index < -0.39 is 0 Å². The van der Waals surface area contributed by atoms with Crippen LogP contribution < -0.4 is 0 Å². The summed E-state index contributed by atoms with van der Waals surface area (Å²) in [4.78, 5) is 4.82. The van der Waals surface area contributed by atoms with Gasteiger partial charge in [-0.05, 0) is 47.3 Å². The number of benzene rings is 3. The lowest BCUT2D eigenvalue weighted by atomic mass is 9.53. The zero-order chi connectivity index (χ0) is 23.1. The second-order valence-electron chi connectivity index (χ2n) is 11.0. The van der Waals surface area contributed by atoms with Gasteiger partial charge in [0.2, 0.25) is 0 Å². The van der Waals surface area contributed by atoms with Crippen LogP contribution in [0.25, 0.3) is 49.4 Å². The molecule has 1 saturated carbocycles. The van der Waals surface area contributed by atoms with Crippen LogP contribution in [0.15, 0.2) is 79.0 Å². The van der Waals surface area contributed by atoms with Gasteiger partial charge in [0.1, 0.15) is 0 Å². The van der Waals surface area contributed by atoms with Crippen molar-refractivity contribution in [2.24, 2.45) is 5.41 Å². The van der Waals surface area contributed by atoms with Crippen LogP contribution in [0.1, 0.15) is 45.1 Å². The number of pyridine rings is 1. The maximum Gasteiger partial charge on any atom is 0.0810 e. The molecule has 0 unspecified atom stereocenters. The summed E-state index contributed by atoms with van der Waals surface area (Å²) in [6.45, 7) is 4.74. The van der Waals surface area contributed by atoms with Crippen molar-refractivity contribution in [1.82, 2.24) is 9.38 Å². The van der Waals surface area contributed by atoms with Gasteiger partial charge in [0.05, 0.1) is 30.1 Å². The highest BCUT2D eigenvalue weighted by Gasteiger charge is 2.36. The third-order valence-electron chi connectivity index (χ3n) is 8.34. The first-order valence-electron chi connectivity index (χ1n) is 12.4. The minimum absolute atomic E-state index is 0.234.